The minimum Gasteiger partial charge on any atom is -0.436 e. The lowest BCUT2D eigenvalue weighted by molar-refractivity contribution is -0.365. The van der Waals surface area contributed by atoms with E-state index in [4.69, 9.17) is 9.29 Å². The van der Waals surface area contributed by atoms with Gasteiger partial charge in [-0.05, 0) is 12.8 Å². The van der Waals surface area contributed by atoms with Gasteiger partial charge >= 0.3 is 23.9 Å². The number of rotatable bonds is 4. The van der Waals surface area contributed by atoms with Gasteiger partial charge in [0.25, 0.3) is 10.1 Å². The van der Waals surface area contributed by atoms with Crippen molar-refractivity contribution in [2.45, 2.75) is 63.5 Å². The average molecular weight is 444 g/mol. The smallest absolute Gasteiger partial charge is 0.436 e. The fourth-order valence-corrected chi connectivity index (χ4v) is 4.75. The maximum Gasteiger partial charge on any atom is 0.438 e. The third kappa shape index (κ3) is 2.91. The minimum atomic E-state index is -6.43. The SMILES string of the molecule is CC12CCC(C(=O)OC(CS(=O)(=O)O)(C(F)(F)F)C(F)(F)F)(OC1O)C2(C)C. The summed E-state index contributed by atoms with van der Waals surface area (Å²) in [6, 6.07) is 0. The topological polar surface area (TPSA) is 110 Å². The first-order valence-electron chi connectivity index (χ1n) is 7.85. The summed E-state index contributed by atoms with van der Waals surface area (Å²) in [6.45, 7) is 4.06. The van der Waals surface area contributed by atoms with E-state index in [1.54, 1.807) is 0 Å². The fraction of sp³-hybridized carbons (Fsp3) is 0.929. The highest BCUT2D eigenvalue weighted by atomic mass is 32.2. The summed E-state index contributed by atoms with van der Waals surface area (Å²) in [4.78, 5) is 12.6. The Balaban J connectivity index is 2.59. The number of alkyl halides is 6. The van der Waals surface area contributed by atoms with Gasteiger partial charge < -0.3 is 14.6 Å². The van der Waals surface area contributed by atoms with Crippen LogP contribution in [-0.2, 0) is 24.4 Å². The van der Waals surface area contributed by atoms with Crippen LogP contribution in [0.1, 0.15) is 33.6 Å². The molecule has 28 heavy (non-hydrogen) atoms. The fourth-order valence-electron chi connectivity index (χ4n) is 3.85. The van der Waals surface area contributed by atoms with Gasteiger partial charge in [-0.1, -0.05) is 20.8 Å². The Morgan fingerprint density at radius 1 is 1.11 bits per heavy atom. The molecule has 1 saturated heterocycles. The first-order chi connectivity index (χ1) is 12.2. The molecule has 0 spiro atoms. The number of hydrogen-bond donors (Lipinski definition) is 2. The van der Waals surface area contributed by atoms with Crippen molar-refractivity contribution in [1.29, 1.82) is 0 Å². The lowest BCUT2D eigenvalue weighted by atomic mass is 9.66. The highest BCUT2D eigenvalue weighted by Crippen LogP contribution is 2.68. The van der Waals surface area contributed by atoms with Crippen LogP contribution in [0.5, 0.6) is 0 Å². The Hall–Kier alpha value is -1.12. The van der Waals surface area contributed by atoms with E-state index >= 15 is 0 Å². The summed E-state index contributed by atoms with van der Waals surface area (Å²) < 4.78 is 120. The van der Waals surface area contributed by atoms with Gasteiger partial charge in [-0.3, -0.25) is 4.55 Å². The van der Waals surface area contributed by atoms with Crippen LogP contribution < -0.4 is 0 Å². The zero-order chi connectivity index (χ0) is 22.2. The molecule has 2 bridgehead atoms. The Morgan fingerprint density at radius 3 is 1.86 bits per heavy atom. The van der Waals surface area contributed by atoms with Crippen molar-refractivity contribution in [2.75, 3.05) is 5.75 Å². The molecule has 2 rings (SSSR count). The van der Waals surface area contributed by atoms with E-state index in [1.165, 1.54) is 20.8 Å². The molecule has 7 nitrogen and oxygen atoms in total. The molecular formula is C14H18F6O7S. The van der Waals surface area contributed by atoms with Gasteiger partial charge in [-0.25, -0.2) is 4.79 Å². The number of carbonyl (C=O) groups is 1. The van der Waals surface area contributed by atoms with Gasteiger partial charge in [0.2, 0.25) is 0 Å². The molecule has 0 aromatic carbocycles. The Kier molecular flexibility index (Phi) is 4.92. The maximum atomic E-state index is 13.4. The van der Waals surface area contributed by atoms with Crippen LogP contribution in [0, 0.1) is 10.8 Å². The van der Waals surface area contributed by atoms with E-state index in [2.05, 4.69) is 4.74 Å². The molecule has 14 heteroatoms. The standard InChI is InChI=1S/C14H18F6O7S/c1-9(2)10(3)4-5-11(9,26-7(10)21)8(22)27-12(13(15,16)17,14(18,19)20)6-28(23,24)25/h7,21H,4-6H2,1-3H3,(H,23,24,25). The molecule has 2 N–H and O–H groups in total. The van der Waals surface area contributed by atoms with Crippen LogP contribution in [-0.4, -0.2) is 59.6 Å². The second-order valence-corrected chi connectivity index (χ2v) is 9.23. The molecule has 0 amide bonds. The number of esters is 1. The predicted octanol–water partition coefficient (Wildman–Crippen LogP) is 2.19. The van der Waals surface area contributed by atoms with Crippen LogP contribution >= 0.6 is 0 Å². The highest BCUT2D eigenvalue weighted by molar-refractivity contribution is 7.85. The van der Waals surface area contributed by atoms with Gasteiger partial charge in [0.15, 0.2) is 11.9 Å². The lowest BCUT2D eigenvalue weighted by Gasteiger charge is -2.41. The third-order valence-corrected chi connectivity index (χ3v) is 6.96. The normalized spacial score (nSPS) is 33.2. The molecule has 0 aromatic rings. The van der Waals surface area contributed by atoms with Gasteiger partial charge in [0, 0.05) is 10.8 Å². The zero-order valence-corrected chi connectivity index (χ0v) is 15.6. The zero-order valence-electron chi connectivity index (χ0n) is 14.8. The van der Waals surface area contributed by atoms with Gasteiger partial charge in [-0.15, -0.1) is 0 Å². The van der Waals surface area contributed by atoms with Crippen LogP contribution in [0.15, 0.2) is 0 Å². The first kappa shape index (κ1) is 23.2. The summed E-state index contributed by atoms with van der Waals surface area (Å²) in [6.07, 6.45) is -14.9. The molecule has 2 aliphatic rings. The summed E-state index contributed by atoms with van der Waals surface area (Å²) in [5, 5.41) is 10.0. The summed E-state index contributed by atoms with van der Waals surface area (Å²) in [7, 11) is -5.89. The molecule has 1 heterocycles. The number of fused-ring (bicyclic) bond motifs is 2. The Labute approximate surface area is 155 Å². The summed E-state index contributed by atoms with van der Waals surface area (Å²) in [5.74, 6) is -5.11. The highest BCUT2D eigenvalue weighted by Gasteiger charge is 2.80. The predicted molar refractivity (Wildman–Crippen MR) is 78.3 cm³/mol. The number of carbonyl (C=O) groups excluding carboxylic acids is 1. The van der Waals surface area contributed by atoms with Crippen LogP contribution in [0.25, 0.3) is 0 Å². The molecule has 1 aliphatic heterocycles. The van der Waals surface area contributed by atoms with Crippen molar-refractivity contribution in [2.24, 2.45) is 10.8 Å². The van der Waals surface area contributed by atoms with E-state index in [0.717, 1.165) is 0 Å². The molecule has 2 fully saturated rings. The Morgan fingerprint density at radius 2 is 1.57 bits per heavy atom. The lowest BCUT2D eigenvalue weighted by Crippen LogP contribution is -2.65. The van der Waals surface area contributed by atoms with E-state index in [-0.39, 0.29) is 12.8 Å². The van der Waals surface area contributed by atoms with Gasteiger partial charge in [0.05, 0.1) is 0 Å². The number of ether oxygens (including phenoxy) is 2. The number of hydrogen-bond acceptors (Lipinski definition) is 6. The second kappa shape index (κ2) is 5.95. The summed E-state index contributed by atoms with van der Waals surface area (Å²) >= 11 is 0. The largest absolute Gasteiger partial charge is 0.438 e. The maximum absolute atomic E-state index is 13.4. The molecule has 3 atom stereocenters. The van der Waals surface area contributed by atoms with Crippen molar-refractivity contribution in [3.05, 3.63) is 0 Å². The van der Waals surface area contributed by atoms with E-state index in [0.29, 0.717) is 0 Å². The molecule has 0 aromatic heterocycles. The van der Waals surface area contributed by atoms with Crippen molar-refractivity contribution >= 4 is 16.1 Å². The molecule has 164 valence electrons. The van der Waals surface area contributed by atoms with Crippen LogP contribution in [0.4, 0.5) is 26.3 Å². The second-order valence-electron chi connectivity index (χ2n) is 7.78. The molecule has 3 unspecified atom stereocenters. The van der Waals surface area contributed by atoms with Gasteiger partial charge in [0.1, 0.15) is 5.75 Å². The van der Waals surface area contributed by atoms with E-state index in [1.807, 2.05) is 0 Å². The quantitative estimate of drug-likeness (QED) is 0.389. The van der Waals surface area contributed by atoms with Crippen LogP contribution in [0.2, 0.25) is 0 Å². The monoisotopic (exact) mass is 444 g/mol. The van der Waals surface area contributed by atoms with Crippen molar-refractivity contribution in [3.63, 3.8) is 0 Å². The molecule has 1 aliphatic carbocycles. The summed E-state index contributed by atoms with van der Waals surface area (Å²) in [5.41, 5.74) is -10.5. The van der Waals surface area contributed by atoms with Crippen molar-refractivity contribution in [3.8, 4) is 0 Å². The molecule has 1 saturated carbocycles. The first-order valence-corrected chi connectivity index (χ1v) is 9.46. The van der Waals surface area contributed by atoms with Crippen molar-refractivity contribution < 1.29 is 58.7 Å². The Bertz CT molecular complexity index is 760. The van der Waals surface area contributed by atoms with E-state index < -0.39 is 62.5 Å². The molecule has 0 radical (unpaired) electrons. The van der Waals surface area contributed by atoms with Gasteiger partial charge in [-0.2, -0.15) is 34.8 Å². The minimum absolute atomic E-state index is 0.0274. The number of halogens is 6. The van der Waals surface area contributed by atoms with Crippen LogP contribution in [0.3, 0.4) is 0 Å². The third-order valence-electron chi connectivity index (χ3n) is 6.19. The van der Waals surface area contributed by atoms with Crippen molar-refractivity contribution in [1.82, 2.24) is 0 Å². The average Bonchev–Trinajstić information content (AvgIpc) is 2.73. The molecular weight excluding hydrogens is 426 g/mol. The number of aliphatic hydroxyl groups is 1. The van der Waals surface area contributed by atoms with E-state index in [9.17, 15) is 44.7 Å². The number of aliphatic hydroxyl groups excluding tert-OH is 1.